The van der Waals surface area contributed by atoms with Gasteiger partial charge in [0, 0.05) is 11.8 Å². The first-order chi connectivity index (χ1) is 11.6. The maximum atomic E-state index is 12.2. The van der Waals surface area contributed by atoms with Gasteiger partial charge in [-0.2, -0.15) is 0 Å². The molecule has 0 unspecified atom stereocenters. The zero-order valence-corrected chi connectivity index (χ0v) is 13.1. The van der Waals surface area contributed by atoms with Crippen molar-refractivity contribution in [2.75, 3.05) is 5.32 Å². The standard InChI is InChI=1S/C19H18N2O3/c20-19(23)18-17(14-10-4-5-11-15(14)24-18)21-16(22)12-6-9-13-7-2-1-3-8-13/h1-5,7-8,10-11H,6,9,12H2,(H2,20,23)(H,21,22). The van der Waals surface area contributed by atoms with Crippen LogP contribution in [-0.4, -0.2) is 11.8 Å². The second-order valence-corrected chi connectivity index (χ2v) is 5.55. The fourth-order valence-corrected chi connectivity index (χ4v) is 2.64. The molecule has 3 N–H and O–H groups in total. The zero-order chi connectivity index (χ0) is 16.9. The Labute approximate surface area is 139 Å². The average molecular weight is 322 g/mol. The Balaban J connectivity index is 1.69. The Morgan fingerprint density at radius 1 is 1.00 bits per heavy atom. The van der Waals surface area contributed by atoms with Gasteiger partial charge in [-0.15, -0.1) is 0 Å². The lowest BCUT2D eigenvalue weighted by atomic mass is 10.1. The van der Waals surface area contributed by atoms with Crippen molar-refractivity contribution in [3.8, 4) is 0 Å². The molecule has 122 valence electrons. The number of primary amides is 1. The Morgan fingerprint density at radius 3 is 2.46 bits per heavy atom. The second kappa shape index (κ2) is 7.00. The van der Waals surface area contributed by atoms with Crippen LogP contribution in [0.5, 0.6) is 0 Å². The van der Waals surface area contributed by atoms with Gasteiger partial charge >= 0.3 is 0 Å². The van der Waals surface area contributed by atoms with E-state index in [1.54, 1.807) is 18.2 Å². The Hall–Kier alpha value is -3.08. The van der Waals surface area contributed by atoms with Crippen molar-refractivity contribution in [2.45, 2.75) is 19.3 Å². The Morgan fingerprint density at radius 2 is 1.71 bits per heavy atom. The van der Waals surface area contributed by atoms with Crippen LogP contribution < -0.4 is 11.1 Å². The van der Waals surface area contributed by atoms with Gasteiger partial charge in [-0.25, -0.2) is 0 Å². The molecule has 24 heavy (non-hydrogen) atoms. The van der Waals surface area contributed by atoms with Gasteiger partial charge < -0.3 is 15.5 Å². The number of fused-ring (bicyclic) bond motifs is 1. The third-order valence-electron chi connectivity index (χ3n) is 3.80. The molecule has 5 nitrogen and oxygen atoms in total. The smallest absolute Gasteiger partial charge is 0.286 e. The number of para-hydroxylation sites is 1. The third kappa shape index (κ3) is 3.46. The normalized spacial score (nSPS) is 10.7. The molecule has 1 heterocycles. The van der Waals surface area contributed by atoms with Crippen molar-refractivity contribution in [1.82, 2.24) is 0 Å². The van der Waals surface area contributed by atoms with E-state index in [1.165, 1.54) is 5.56 Å². The molecule has 1 aromatic heterocycles. The summed E-state index contributed by atoms with van der Waals surface area (Å²) in [5.74, 6) is -0.890. The van der Waals surface area contributed by atoms with Crippen LogP contribution >= 0.6 is 0 Å². The monoisotopic (exact) mass is 322 g/mol. The van der Waals surface area contributed by atoms with Crippen LogP contribution in [0.2, 0.25) is 0 Å². The molecule has 3 rings (SSSR count). The SMILES string of the molecule is NC(=O)c1oc2ccccc2c1NC(=O)CCCc1ccccc1. The van der Waals surface area contributed by atoms with E-state index in [2.05, 4.69) is 5.32 Å². The van der Waals surface area contributed by atoms with Gasteiger partial charge in [0.15, 0.2) is 0 Å². The summed E-state index contributed by atoms with van der Waals surface area (Å²) in [7, 11) is 0. The quantitative estimate of drug-likeness (QED) is 0.728. The van der Waals surface area contributed by atoms with Crippen LogP contribution in [0.4, 0.5) is 5.69 Å². The first-order valence-electron chi connectivity index (χ1n) is 7.80. The van der Waals surface area contributed by atoms with Crippen molar-refractivity contribution in [1.29, 1.82) is 0 Å². The number of anilines is 1. The van der Waals surface area contributed by atoms with E-state index in [0.29, 0.717) is 23.1 Å². The molecule has 0 radical (unpaired) electrons. The lowest BCUT2D eigenvalue weighted by Crippen LogP contribution is -2.16. The number of aryl methyl sites for hydroxylation is 1. The number of hydrogen-bond donors (Lipinski definition) is 2. The molecular weight excluding hydrogens is 304 g/mol. The van der Waals surface area contributed by atoms with Crippen LogP contribution in [0.25, 0.3) is 11.0 Å². The number of furan rings is 1. The summed E-state index contributed by atoms with van der Waals surface area (Å²) in [5.41, 5.74) is 7.41. The summed E-state index contributed by atoms with van der Waals surface area (Å²) < 4.78 is 5.45. The summed E-state index contributed by atoms with van der Waals surface area (Å²) in [6, 6.07) is 17.1. The Bertz CT molecular complexity index is 869. The van der Waals surface area contributed by atoms with E-state index in [0.717, 1.165) is 12.8 Å². The highest BCUT2D eigenvalue weighted by Gasteiger charge is 2.19. The lowest BCUT2D eigenvalue weighted by Gasteiger charge is -2.05. The highest BCUT2D eigenvalue weighted by Crippen LogP contribution is 2.30. The summed E-state index contributed by atoms with van der Waals surface area (Å²) in [6.45, 7) is 0. The van der Waals surface area contributed by atoms with Gasteiger partial charge in [0.2, 0.25) is 11.7 Å². The molecule has 0 saturated carbocycles. The van der Waals surface area contributed by atoms with Crippen LogP contribution in [-0.2, 0) is 11.2 Å². The van der Waals surface area contributed by atoms with Crippen molar-refractivity contribution in [3.63, 3.8) is 0 Å². The van der Waals surface area contributed by atoms with Crippen molar-refractivity contribution >= 4 is 28.5 Å². The van der Waals surface area contributed by atoms with Gasteiger partial charge in [0.1, 0.15) is 11.3 Å². The first kappa shape index (κ1) is 15.8. The topological polar surface area (TPSA) is 85.3 Å². The molecular formula is C19H18N2O3. The molecule has 3 aromatic rings. The number of rotatable bonds is 6. The number of hydrogen-bond acceptors (Lipinski definition) is 3. The molecule has 0 aliphatic rings. The molecule has 0 fully saturated rings. The molecule has 2 aromatic carbocycles. The minimum atomic E-state index is -0.703. The van der Waals surface area contributed by atoms with E-state index >= 15 is 0 Å². The van der Waals surface area contributed by atoms with Crippen LogP contribution in [0, 0.1) is 0 Å². The summed E-state index contributed by atoms with van der Waals surface area (Å²) in [5, 5.41) is 3.44. The molecule has 0 spiro atoms. The molecule has 0 aliphatic carbocycles. The molecule has 0 aliphatic heterocycles. The fraction of sp³-hybridized carbons (Fsp3) is 0.158. The third-order valence-corrected chi connectivity index (χ3v) is 3.80. The van der Waals surface area contributed by atoms with Gasteiger partial charge in [-0.1, -0.05) is 42.5 Å². The van der Waals surface area contributed by atoms with E-state index in [1.807, 2.05) is 36.4 Å². The molecule has 5 heteroatoms. The largest absolute Gasteiger partial charge is 0.449 e. The van der Waals surface area contributed by atoms with E-state index < -0.39 is 5.91 Å². The Kier molecular flexibility index (Phi) is 4.61. The molecule has 0 saturated heterocycles. The van der Waals surface area contributed by atoms with E-state index in [-0.39, 0.29) is 11.7 Å². The molecule has 0 bridgehead atoms. The van der Waals surface area contributed by atoms with E-state index in [9.17, 15) is 9.59 Å². The number of nitrogens with two attached hydrogens (primary N) is 1. The molecule has 2 amide bonds. The number of amides is 2. The predicted molar refractivity (Wildman–Crippen MR) is 92.7 cm³/mol. The minimum absolute atomic E-state index is 0.0207. The zero-order valence-electron chi connectivity index (χ0n) is 13.1. The number of carbonyl (C=O) groups excluding carboxylic acids is 2. The lowest BCUT2D eigenvalue weighted by molar-refractivity contribution is -0.116. The van der Waals surface area contributed by atoms with Gasteiger partial charge in [-0.05, 0) is 30.5 Å². The van der Waals surface area contributed by atoms with Crippen LogP contribution in [0.3, 0.4) is 0 Å². The predicted octanol–water partition coefficient (Wildman–Crippen LogP) is 3.49. The van der Waals surface area contributed by atoms with E-state index in [4.69, 9.17) is 10.2 Å². The van der Waals surface area contributed by atoms with Gasteiger partial charge in [-0.3, -0.25) is 9.59 Å². The van der Waals surface area contributed by atoms with Crippen LogP contribution in [0.1, 0.15) is 29.0 Å². The number of carbonyl (C=O) groups is 2. The summed E-state index contributed by atoms with van der Waals surface area (Å²) >= 11 is 0. The van der Waals surface area contributed by atoms with Crippen molar-refractivity contribution < 1.29 is 14.0 Å². The average Bonchev–Trinajstić information content (AvgIpc) is 2.95. The summed E-state index contributed by atoms with van der Waals surface area (Å²) in [4.78, 5) is 23.8. The first-order valence-corrected chi connectivity index (χ1v) is 7.80. The summed E-state index contributed by atoms with van der Waals surface area (Å²) in [6.07, 6.45) is 1.90. The maximum Gasteiger partial charge on any atom is 0.286 e. The van der Waals surface area contributed by atoms with Crippen molar-refractivity contribution in [2.24, 2.45) is 5.73 Å². The number of benzene rings is 2. The fourth-order valence-electron chi connectivity index (χ4n) is 2.64. The highest BCUT2D eigenvalue weighted by atomic mass is 16.3. The maximum absolute atomic E-state index is 12.2. The van der Waals surface area contributed by atoms with Gasteiger partial charge in [0.25, 0.3) is 5.91 Å². The number of nitrogens with one attached hydrogen (secondary N) is 1. The molecule has 0 atom stereocenters. The second-order valence-electron chi connectivity index (χ2n) is 5.55. The minimum Gasteiger partial charge on any atom is -0.449 e. The van der Waals surface area contributed by atoms with Gasteiger partial charge in [0.05, 0.1) is 0 Å². The van der Waals surface area contributed by atoms with Crippen molar-refractivity contribution in [3.05, 3.63) is 65.9 Å². The van der Waals surface area contributed by atoms with Crippen LogP contribution in [0.15, 0.2) is 59.0 Å². The highest BCUT2D eigenvalue weighted by molar-refractivity contribution is 6.10.